The lowest BCUT2D eigenvalue weighted by Gasteiger charge is -2.11. The van der Waals surface area contributed by atoms with E-state index >= 15 is 0 Å². The van der Waals surface area contributed by atoms with Crippen molar-refractivity contribution in [3.05, 3.63) is 48.0 Å². The van der Waals surface area contributed by atoms with E-state index in [-0.39, 0.29) is 11.2 Å². The molecule has 21 heavy (non-hydrogen) atoms. The number of carbonyl (C=O) groups excluding carboxylic acids is 1. The molecule has 1 saturated carbocycles. The lowest BCUT2D eigenvalue weighted by Crippen LogP contribution is -2.32. The summed E-state index contributed by atoms with van der Waals surface area (Å²) in [5.41, 5.74) is 2.39. The second kappa shape index (κ2) is 5.22. The summed E-state index contributed by atoms with van der Waals surface area (Å²) < 4.78 is 2.19. The average molecular weight is 299 g/mol. The van der Waals surface area contributed by atoms with Gasteiger partial charge in [0.1, 0.15) is 0 Å². The highest BCUT2D eigenvalue weighted by atomic mass is 32.2. The average Bonchev–Trinajstić information content (AvgIpc) is 3.09. The molecule has 1 fully saturated rings. The van der Waals surface area contributed by atoms with Crippen molar-refractivity contribution in [1.29, 1.82) is 0 Å². The second-order valence-electron chi connectivity index (χ2n) is 5.66. The predicted molar refractivity (Wildman–Crippen MR) is 82.1 cm³/mol. The van der Waals surface area contributed by atoms with Gasteiger partial charge in [0.25, 0.3) is 0 Å². The first-order valence-electron chi connectivity index (χ1n) is 7.34. The molecular weight excluding hydrogens is 282 g/mol. The van der Waals surface area contributed by atoms with Gasteiger partial charge in [0, 0.05) is 17.1 Å². The normalized spacial score (nSPS) is 20.3. The molecule has 2 heterocycles. The Hall–Kier alpha value is -1.75. The molecule has 108 valence electrons. The van der Waals surface area contributed by atoms with Crippen LogP contribution in [0.5, 0.6) is 0 Å². The zero-order valence-electron chi connectivity index (χ0n) is 11.7. The first-order chi connectivity index (χ1) is 10.3. The molecule has 4 nitrogen and oxygen atoms in total. The molecule has 1 aromatic heterocycles. The molecular formula is C16H17N3OS. The van der Waals surface area contributed by atoms with Crippen LogP contribution in [0.3, 0.4) is 0 Å². The molecule has 1 N–H and O–H groups in total. The number of benzene rings is 1. The molecule has 2 aromatic rings. The van der Waals surface area contributed by atoms with Crippen LogP contribution in [0.4, 0.5) is 0 Å². The Labute approximate surface area is 128 Å². The van der Waals surface area contributed by atoms with E-state index < -0.39 is 0 Å². The fraction of sp³-hybridized carbons (Fsp3) is 0.375. The molecule has 1 atom stereocenters. The Morgan fingerprint density at radius 1 is 1.38 bits per heavy atom. The van der Waals surface area contributed by atoms with Gasteiger partial charge in [-0.3, -0.25) is 4.79 Å². The highest BCUT2D eigenvalue weighted by Gasteiger charge is 2.29. The van der Waals surface area contributed by atoms with Crippen LogP contribution in [0, 0.1) is 0 Å². The standard InChI is InChI=1S/C16H17N3OS/c20-16(15-7-11-3-1-2-4-14(11)21-15)18-9-13-8-17-10-19(13)12-5-6-12/h1-4,8,10,12,15H,5-7,9H2,(H,18,20)/t15-/m0/s1. The van der Waals surface area contributed by atoms with Crippen molar-refractivity contribution < 1.29 is 4.79 Å². The van der Waals surface area contributed by atoms with Gasteiger partial charge in [-0.1, -0.05) is 18.2 Å². The number of nitrogens with zero attached hydrogens (tertiary/aromatic N) is 2. The van der Waals surface area contributed by atoms with Crippen LogP contribution in [0.1, 0.15) is 30.1 Å². The van der Waals surface area contributed by atoms with E-state index in [2.05, 4.69) is 27.0 Å². The van der Waals surface area contributed by atoms with Crippen molar-refractivity contribution in [3.8, 4) is 0 Å². The van der Waals surface area contributed by atoms with E-state index in [1.54, 1.807) is 11.8 Å². The summed E-state index contributed by atoms with van der Waals surface area (Å²) in [5.74, 6) is 0.125. The largest absolute Gasteiger partial charge is 0.349 e. The first-order valence-corrected chi connectivity index (χ1v) is 8.22. The summed E-state index contributed by atoms with van der Waals surface area (Å²) in [6.07, 6.45) is 7.01. The third kappa shape index (κ3) is 2.58. The van der Waals surface area contributed by atoms with Crippen LogP contribution in [0.2, 0.25) is 0 Å². The van der Waals surface area contributed by atoms with Gasteiger partial charge in [-0.05, 0) is 30.9 Å². The Bertz CT molecular complexity index is 653. The molecule has 0 radical (unpaired) electrons. The van der Waals surface area contributed by atoms with Crippen LogP contribution in [-0.2, 0) is 17.8 Å². The minimum Gasteiger partial charge on any atom is -0.349 e. The number of imidazole rings is 1. The molecule has 2 aliphatic rings. The van der Waals surface area contributed by atoms with E-state index in [0.717, 1.165) is 12.1 Å². The van der Waals surface area contributed by atoms with Crippen LogP contribution >= 0.6 is 11.8 Å². The number of aromatic nitrogens is 2. The molecule has 5 heteroatoms. The van der Waals surface area contributed by atoms with E-state index in [9.17, 15) is 4.79 Å². The topological polar surface area (TPSA) is 46.9 Å². The number of hydrogen-bond donors (Lipinski definition) is 1. The van der Waals surface area contributed by atoms with Crippen LogP contribution < -0.4 is 5.32 Å². The van der Waals surface area contributed by atoms with Crippen LogP contribution in [-0.4, -0.2) is 20.7 Å². The zero-order valence-corrected chi connectivity index (χ0v) is 12.5. The maximum Gasteiger partial charge on any atom is 0.234 e. The molecule has 0 unspecified atom stereocenters. The van der Waals surface area contributed by atoms with E-state index in [0.29, 0.717) is 12.6 Å². The molecule has 1 aliphatic heterocycles. The van der Waals surface area contributed by atoms with Gasteiger partial charge in [0.15, 0.2) is 0 Å². The van der Waals surface area contributed by atoms with Crippen LogP contribution in [0.25, 0.3) is 0 Å². The predicted octanol–water partition coefficient (Wildman–Crippen LogP) is 2.55. The van der Waals surface area contributed by atoms with Crippen molar-refractivity contribution in [2.24, 2.45) is 0 Å². The maximum atomic E-state index is 12.3. The fourth-order valence-corrected chi connectivity index (χ4v) is 3.99. The number of hydrogen-bond acceptors (Lipinski definition) is 3. The first kappa shape index (κ1) is 13.0. The molecule has 1 aromatic carbocycles. The molecule has 0 spiro atoms. The highest BCUT2D eigenvalue weighted by molar-refractivity contribution is 8.01. The fourth-order valence-electron chi connectivity index (χ4n) is 2.77. The summed E-state index contributed by atoms with van der Waals surface area (Å²) in [6, 6.07) is 8.87. The Balaban J connectivity index is 1.38. The number of amides is 1. The smallest absolute Gasteiger partial charge is 0.234 e. The summed E-state index contributed by atoms with van der Waals surface area (Å²) >= 11 is 1.67. The third-order valence-electron chi connectivity index (χ3n) is 4.07. The minimum absolute atomic E-state index is 0.000281. The Kier molecular flexibility index (Phi) is 3.22. The highest BCUT2D eigenvalue weighted by Crippen LogP contribution is 2.37. The van der Waals surface area contributed by atoms with Crippen molar-refractivity contribution in [3.63, 3.8) is 0 Å². The monoisotopic (exact) mass is 299 g/mol. The molecule has 1 aliphatic carbocycles. The summed E-state index contributed by atoms with van der Waals surface area (Å²) in [5, 5.41) is 3.06. The second-order valence-corrected chi connectivity index (χ2v) is 6.90. The maximum absolute atomic E-state index is 12.3. The number of fused-ring (bicyclic) bond motifs is 1. The lowest BCUT2D eigenvalue weighted by atomic mass is 10.1. The number of thioether (sulfide) groups is 1. The van der Waals surface area contributed by atoms with Gasteiger partial charge in [0.05, 0.1) is 23.8 Å². The number of carbonyl (C=O) groups is 1. The Morgan fingerprint density at radius 3 is 3.05 bits per heavy atom. The van der Waals surface area contributed by atoms with Crippen molar-refractivity contribution in [2.75, 3.05) is 0 Å². The number of rotatable bonds is 4. The van der Waals surface area contributed by atoms with Crippen molar-refractivity contribution in [2.45, 2.75) is 42.0 Å². The minimum atomic E-state index is -0.000281. The van der Waals surface area contributed by atoms with E-state index in [1.807, 2.05) is 24.7 Å². The van der Waals surface area contributed by atoms with Gasteiger partial charge < -0.3 is 9.88 Å². The quantitative estimate of drug-likeness (QED) is 0.944. The van der Waals surface area contributed by atoms with Gasteiger partial charge in [0.2, 0.25) is 5.91 Å². The van der Waals surface area contributed by atoms with Gasteiger partial charge in [-0.15, -0.1) is 11.8 Å². The van der Waals surface area contributed by atoms with E-state index in [4.69, 9.17) is 0 Å². The van der Waals surface area contributed by atoms with Gasteiger partial charge in [-0.2, -0.15) is 0 Å². The molecule has 0 bridgehead atoms. The molecule has 4 rings (SSSR count). The van der Waals surface area contributed by atoms with Gasteiger partial charge in [-0.25, -0.2) is 4.98 Å². The molecule has 1 amide bonds. The summed E-state index contributed by atoms with van der Waals surface area (Å²) in [4.78, 5) is 17.8. The van der Waals surface area contributed by atoms with Crippen molar-refractivity contribution in [1.82, 2.24) is 14.9 Å². The van der Waals surface area contributed by atoms with Crippen LogP contribution in [0.15, 0.2) is 41.7 Å². The Morgan fingerprint density at radius 2 is 2.24 bits per heavy atom. The summed E-state index contributed by atoms with van der Waals surface area (Å²) in [7, 11) is 0. The SMILES string of the molecule is O=C(NCc1cncn1C1CC1)[C@@H]1Cc2ccccc2S1. The van der Waals surface area contributed by atoms with Crippen molar-refractivity contribution >= 4 is 17.7 Å². The number of nitrogens with one attached hydrogen (secondary N) is 1. The molecule has 0 saturated heterocycles. The summed E-state index contributed by atoms with van der Waals surface area (Å²) in [6.45, 7) is 0.572. The zero-order chi connectivity index (χ0) is 14.2. The lowest BCUT2D eigenvalue weighted by molar-refractivity contribution is -0.120. The van der Waals surface area contributed by atoms with Gasteiger partial charge >= 0.3 is 0 Å². The van der Waals surface area contributed by atoms with E-state index in [1.165, 1.54) is 23.3 Å². The third-order valence-corrected chi connectivity index (χ3v) is 5.39.